The van der Waals surface area contributed by atoms with Crippen LogP contribution in [0.4, 0.5) is 0 Å². The van der Waals surface area contributed by atoms with Gasteiger partial charge in [0, 0.05) is 30.6 Å². The molecule has 0 spiro atoms. The van der Waals surface area contributed by atoms with Crippen LogP contribution in [-0.2, 0) is 4.79 Å². The van der Waals surface area contributed by atoms with Crippen molar-refractivity contribution in [3.63, 3.8) is 0 Å². The summed E-state index contributed by atoms with van der Waals surface area (Å²) in [6, 6.07) is 10.1. The third kappa shape index (κ3) is 3.98. The Hall–Kier alpha value is -1.00. The number of nitrogens with one attached hydrogen (secondary N) is 1. The van der Waals surface area contributed by atoms with Gasteiger partial charge in [0.25, 0.3) is 0 Å². The van der Waals surface area contributed by atoms with Crippen molar-refractivity contribution in [2.75, 3.05) is 24.6 Å². The standard InChI is InChI=1S/C15H22N2OS/c1-12(2)16-15(18)14(13-6-4-3-5-7-13)17-8-10-19-11-9-17/h3-7,12,14H,8-11H2,1-2H3,(H,16,18). The zero-order valence-corrected chi connectivity index (χ0v) is 12.5. The van der Waals surface area contributed by atoms with Gasteiger partial charge in [0.15, 0.2) is 0 Å². The Labute approximate surface area is 119 Å². The van der Waals surface area contributed by atoms with Crippen molar-refractivity contribution in [3.05, 3.63) is 35.9 Å². The minimum Gasteiger partial charge on any atom is -0.352 e. The molecule has 4 heteroatoms. The van der Waals surface area contributed by atoms with E-state index in [1.807, 2.05) is 55.9 Å². The van der Waals surface area contributed by atoms with Crippen molar-refractivity contribution >= 4 is 17.7 Å². The summed E-state index contributed by atoms with van der Waals surface area (Å²) >= 11 is 1.96. The first-order valence-electron chi connectivity index (χ1n) is 6.85. The van der Waals surface area contributed by atoms with Gasteiger partial charge in [0.05, 0.1) is 0 Å². The van der Waals surface area contributed by atoms with Crippen LogP contribution in [0.3, 0.4) is 0 Å². The summed E-state index contributed by atoms with van der Waals surface area (Å²) in [4.78, 5) is 14.8. The van der Waals surface area contributed by atoms with E-state index in [0.717, 1.165) is 30.2 Å². The van der Waals surface area contributed by atoms with Crippen LogP contribution in [0.5, 0.6) is 0 Å². The molecule has 1 heterocycles. The summed E-state index contributed by atoms with van der Waals surface area (Å²) < 4.78 is 0. The number of nitrogens with zero attached hydrogens (tertiary/aromatic N) is 1. The molecule has 1 aromatic carbocycles. The lowest BCUT2D eigenvalue weighted by atomic mass is 10.0. The number of hydrogen-bond donors (Lipinski definition) is 1. The molecule has 1 atom stereocenters. The van der Waals surface area contributed by atoms with Crippen LogP contribution in [0.1, 0.15) is 25.5 Å². The van der Waals surface area contributed by atoms with Crippen molar-refractivity contribution in [3.8, 4) is 0 Å². The van der Waals surface area contributed by atoms with Crippen molar-refractivity contribution in [1.82, 2.24) is 10.2 Å². The van der Waals surface area contributed by atoms with Crippen molar-refractivity contribution < 1.29 is 4.79 Å². The molecule has 0 bridgehead atoms. The van der Waals surface area contributed by atoms with Gasteiger partial charge < -0.3 is 5.32 Å². The highest BCUT2D eigenvalue weighted by Gasteiger charge is 2.28. The van der Waals surface area contributed by atoms with Gasteiger partial charge in [0.1, 0.15) is 6.04 Å². The third-order valence-electron chi connectivity index (χ3n) is 3.21. The first-order valence-corrected chi connectivity index (χ1v) is 8.01. The lowest BCUT2D eigenvalue weighted by molar-refractivity contribution is -0.127. The predicted molar refractivity (Wildman–Crippen MR) is 81.4 cm³/mol. The predicted octanol–water partition coefficient (Wildman–Crippen LogP) is 2.30. The molecule has 1 aliphatic heterocycles. The van der Waals surface area contributed by atoms with Crippen molar-refractivity contribution in [2.45, 2.75) is 25.9 Å². The maximum absolute atomic E-state index is 12.5. The number of amides is 1. The second-order valence-corrected chi connectivity index (χ2v) is 6.35. The average molecular weight is 278 g/mol. The second kappa shape index (κ2) is 6.96. The molecule has 1 fully saturated rings. The third-order valence-corrected chi connectivity index (χ3v) is 4.15. The number of benzene rings is 1. The van der Waals surface area contributed by atoms with E-state index in [0.29, 0.717) is 0 Å². The van der Waals surface area contributed by atoms with E-state index in [1.165, 1.54) is 0 Å². The monoisotopic (exact) mass is 278 g/mol. The SMILES string of the molecule is CC(C)NC(=O)C(c1ccccc1)N1CCSCC1. The fraction of sp³-hybridized carbons (Fsp3) is 0.533. The Bertz CT molecular complexity index is 402. The van der Waals surface area contributed by atoms with Gasteiger partial charge in [-0.25, -0.2) is 0 Å². The number of hydrogen-bond acceptors (Lipinski definition) is 3. The van der Waals surface area contributed by atoms with Crippen molar-refractivity contribution in [1.29, 1.82) is 0 Å². The first-order chi connectivity index (χ1) is 9.18. The lowest BCUT2D eigenvalue weighted by Crippen LogP contribution is -2.45. The molecule has 0 aromatic heterocycles. The highest BCUT2D eigenvalue weighted by atomic mass is 32.2. The first kappa shape index (κ1) is 14.4. The maximum Gasteiger partial charge on any atom is 0.242 e. The van der Waals surface area contributed by atoms with Crippen LogP contribution < -0.4 is 5.32 Å². The molecule has 0 radical (unpaired) electrons. The molecule has 1 amide bonds. The molecule has 104 valence electrons. The second-order valence-electron chi connectivity index (χ2n) is 5.12. The van der Waals surface area contributed by atoms with E-state index in [4.69, 9.17) is 0 Å². The largest absolute Gasteiger partial charge is 0.352 e. The van der Waals surface area contributed by atoms with Gasteiger partial charge in [0.2, 0.25) is 5.91 Å². The minimum absolute atomic E-state index is 0.119. The number of rotatable bonds is 4. The molecule has 1 aromatic rings. The molecule has 1 unspecified atom stereocenters. The van der Waals surface area contributed by atoms with Crippen molar-refractivity contribution in [2.24, 2.45) is 0 Å². The van der Waals surface area contributed by atoms with Crippen LogP contribution in [0.25, 0.3) is 0 Å². The maximum atomic E-state index is 12.5. The van der Waals surface area contributed by atoms with Crippen LogP contribution in [0, 0.1) is 0 Å². The fourth-order valence-electron chi connectivity index (χ4n) is 2.36. The van der Waals surface area contributed by atoms with Gasteiger partial charge in [-0.2, -0.15) is 11.8 Å². The van der Waals surface area contributed by atoms with E-state index in [9.17, 15) is 4.79 Å². The van der Waals surface area contributed by atoms with E-state index in [-0.39, 0.29) is 18.0 Å². The summed E-state index contributed by atoms with van der Waals surface area (Å²) in [6.07, 6.45) is 0. The Morgan fingerprint density at radius 1 is 1.21 bits per heavy atom. The number of thioether (sulfide) groups is 1. The zero-order valence-electron chi connectivity index (χ0n) is 11.6. The summed E-state index contributed by atoms with van der Waals surface area (Å²) in [5.41, 5.74) is 1.09. The quantitative estimate of drug-likeness (QED) is 0.917. The van der Waals surface area contributed by atoms with Gasteiger partial charge in [-0.1, -0.05) is 30.3 Å². The van der Waals surface area contributed by atoms with Gasteiger partial charge >= 0.3 is 0 Å². The molecule has 1 saturated heterocycles. The van der Waals surface area contributed by atoms with Gasteiger partial charge in [-0.05, 0) is 19.4 Å². The summed E-state index contributed by atoms with van der Waals surface area (Å²) in [5, 5.41) is 3.05. The smallest absolute Gasteiger partial charge is 0.242 e. The molecule has 2 rings (SSSR count). The normalized spacial score (nSPS) is 18.3. The molecule has 0 saturated carbocycles. The van der Waals surface area contributed by atoms with E-state index in [1.54, 1.807) is 0 Å². The van der Waals surface area contributed by atoms with E-state index < -0.39 is 0 Å². The Morgan fingerprint density at radius 2 is 1.84 bits per heavy atom. The molecular weight excluding hydrogens is 256 g/mol. The summed E-state index contributed by atoms with van der Waals surface area (Å²) in [6.45, 7) is 5.98. The highest BCUT2D eigenvalue weighted by molar-refractivity contribution is 7.99. The van der Waals surface area contributed by atoms with Gasteiger partial charge in [-0.3, -0.25) is 9.69 Å². The molecular formula is C15H22N2OS. The fourth-order valence-corrected chi connectivity index (χ4v) is 3.29. The van der Waals surface area contributed by atoms with E-state index >= 15 is 0 Å². The molecule has 19 heavy (non-hydrogen) atoms. The lowest BCUT2D eigenvalue weighted by Gasteiger charge is -2.34. The summed E-state index contributed by atoms with van der Waals surface area (Å²) in [5.74, 6) is 2.34. The Balaban J connectivity index is 2.19. The topological polar surface area (TPSA) is 32.3 Å². The molecule has 1 aliphatic rings. The number of carbonyl (C=O) groups is 1. The molecule has 0 aliphatic carbocycles. The van der Waals surface area contributed by atoms with Crippen LogP contribution in [0.15, 0.2) is 30.3 Å². The number of carbonyl (C=O) groups excluding carboxylic acids is 1. The Kier molecular flexibility index (Phi) is 5.28. The van der Waals surface area contributed by atoms with Crippen LogP contribution in [-0.4, -0.2) is 41.4 Å². The average Bonchev–Trinajstić information content (AvgIpc) is 2.40. The van der Waals surface area contributed by atoms with Crippen LogP contribution >= 0.6 is 11.8 Å². The molecule has 1 N–H and O–H groups in total. The highest BCUT2D eigenvalue weighted by Crippen LogP contribution is 2.24. The summed E-state index contributed by atoms with van der Waals surface area (Å²) in [7, 11) is 0. The molecule has 3 nitrogen and oxygen atoms in total. The van der Waals surface area contributed by atoms with Gasteiger partial charge in [-0.15, -0.1) is 0 Å². The Morgan fingerprint density at radius 3 is 2.42 bits per heavy atom. The van der Waals surface area contributed by atoms with Crippen LogP contribution in [0.2, 0.25) is 0 Å². The van der Waals surface area contributed by atoms with E-state index in [2.05, 4.69) is 10.2 Å². The zero-order chi connectivity index (χ0) is 13.7. The minimum atomic E-state index is -0.149.